The highest BCUT2D eigenvalue weighted by atomic mass is 32.2. The van der Waals surface area contributed by atoms with Crippen LogP contribution < -0.4 is 9.64 Å². The summed E-state index contributed by atoms with van der Waals surface area (Å²) >= 11 is 1.96. The molecule has 5 rings (SSSR count). The molecule has 0 bridgehead atoms. The third kappa shape index (κ3) is 2.97. The molecule has 0 amide bonds. The predicted molar refractivity (Wildman–Crippen MR) is 117 cm³/mol. The van der Waals surface area contributed by atoms with Gasteiger partial charge in [-0.1, -0.05) is 35.5 Å². The number of methoxy groups -OCH3 is 1. The molecule has 0 N–H and O–H groups in total. The molecule has 2 aromatic rings. The molecule has 0 saturated carbocycles. The lowest BCUT2D eigenvalue weighted by molar-refractivity contribution is 0.158. The lowest BCUT2D eigenvalue weighted by Crippen LogP contribution is -2.49. The highest BCUT2D eigenvalue weighted by molar-refractivity contribution is 8.00. The molecule has 2 atom stereocenters. The van der Waals surface area contributed by atoms with E-state index in [2.05, 4.69) is 77.3 Å². The Labute approximate surface area is 171 Å². The van der Waals surface area contributed by atoms with Crippen molar-refractivity contribution in [3.63, 3.8) is 0 Å². The zero-order valence-corrected chi connectivity index (χ0v) is 17.6. The van der Waals surface area contributed by atoms with Crippen molar-refractivity contribution in [2.24, 2.45) is 0 Å². The first-order valence-corrected chi connectivity index (χ1v) is 10.9. The summed E-state index contributed by atoms with van der Waals surface area (Å²) in [4.78, 5) is 8.91. The van der Waals surface area contributed by atoms with Crippen molar-refractivity contribution in [2.45, 2.75) is 36.2 Å². The number of aryl methyl sites for hydroxylation is 1. The van der Waals surface area contributed by atoms with Crippen molar-refractivity contribution in [2.75, 3.05) is 32.1 Å². The fraction of sp³-hybridized carbons (Fsp3) is 0.391. The molecule has 146 valence electrons. The first-order chi connectivity index (χ1) is 13.6. The number of nitrogens with zero attached hydrogens (tertiary/aromatic N) is 3. The normalized spacial score (nSPS) is 24.2. The summed E-state index contributed by atoms with van der Waals surface area (Å²) in [5.41, 5.74) is 5.50. The number of likely N-dealkylation sites (N-methyl/N-ethyl adjacent to an activating group) is 1. The number of rotatable bonds is 3. The van der Waals surface area contributed by atoms with E-state index in [1.54, 1.807) is 7.11 Å². The van der Waals surface area contributed by atoms with Gasteiger partial charge in [0.05, 0.1) is 18.5 Å². The minimum absolute atomic E-state index is 0.286. The van der Waals surface area contributed by atoms with Gasteiger partial charge in [-0.2, -0.15) is 0 Å². The third-order valence-corrected chi connectivity index (χ3v) is 7.26. The van der Waals surface area contributed by atoms with Crippen molar-refractivity contribution in [1.82, 2.24) is 9.80 Å². The van der Waals surface area contributed by atoms with Gasteiger partial charge in [0.1, 0.15) is 5.75 Å². The molecule has 0 spiro atoms. The second kappa shape index (κ2) is 7.05. The van der Waals surface area contributed by atoms with Crippen LogP contribution in [-0.4, -0.2) is 48.6 Å². The van der Waals surface area contributed by atoms with Gasteiger partial charge in [0.25, 0.3) is 0 Å². The van der Waals surface area contributed by atoms with Gasteiger partial charge in [-0.05, 0) is 57.1 Å². The number of likely N-dealkylation sites (tertiary alicyclic amines) is 1. The van der Waals surface area contributed by atoms with Crippen LogP contribution in [0.15, 0.2) is 53.6 Å². The average Bonchev–Trinajstić information content (AvgIpc) is 3.23. The van der Waals surface area contributed by atoms with Gasteiger partial charge in [0.2, 0.25) is 0 Å². The summed E-state index contributed by atoms with van der Waals surface area (Å²) in [6.07, 6.45) is 4.86. The van der Waals surface area contributed by atoms with E-state index in [0.29, 0.717) is 6.04 Å². The van der Waals surface area contributed by atoms with E-state index in [4.69, 9.17) is 4.74 Å². The number of ether oxygens (including phenoxy) is 1. The average molecular weight is 394 g/mol. The van der Waals surface area contributed by atoms with Gasteiger partial charge >= 0.3 is 0 Å². The summed E-state index contributed by atoms with van der Waals surface area (Å²) in [5.74, 6) is 0.918. The van der Waals surface area contributed by atoms with Crippen LogP contribution in [-0.2, 0) is 0 Å². The fourth-order valence-electron chi connectivity index (χ4n) is 4.63. The second-order valence-corrected chi connectivity index (χ2v) is 9.13. The topological polar surface area (TPSA) is 19.0 Å². The number of benzene rings is 2. The van der Waals surface area contributed by atoms with Crippen LogP contribution >= 0.6 is 11.8 Å². The fourth-order valence-corrected chi connectivity index (χ4v) is 5.97. The van der Waals surface area contributed by atoms with Gasteiger partial charge < -0.3 is 19.4 Å². The van der Waals surface area contributed by atoms with Crippen LogP contribution in [0.5, 0.6) is 5.75 Å². The summed E-state index contributed by atoms with van der Waals surface area (Å²) in [6, 6.07) is 15.9. The minimum atomic E-state index is 0.286. The molecule has 3 aliphatic heterocycles. The number of anilines is 1. The van der Waals surface area contributed by atoms with Gasteiger partial charge in [0, 0.05) is 29.7 Å². The molecule has 0 aliphatic carbocycles. The maximum atomic E-state index is 5.50. The Hall–Kier alpha value is -2.11. The zero-order chi connectivity index (χ0) is 19.3. The standard InChI is InChI=1S/C23H27N3OS/c1-16-6-4-7-17(12-16)21-15-25-20-13-19(27-3)9-10-22(20)28-23(25)26(21)18-8-5-11-24(2)14-18/h4,6-7,9-10,12-13,15,18,23H,5,8,11,14H2,1-3H3. The molecule has 4 nitrogen and oxygen atoms in total. The molecule has 5 heteroatoms. The molecule has 2 aromatic carbocycles. The molecule has 0 aromatic heterocycles. The Kier molecular flexibility index (Phi) is 4.52. The number of fused-ring (bicyclic) bond motifs is 3. The van der Waals surface area contributed by atoms with Gasteiger partial charge in [-0.3, -0.25) is 0 Å². The van der Waals surface area contributed by atoms with Gasteiger partial charge in [-0.15, -0.1) is 0 Å². The van der Waals surface area contributed by atoms with E-state index < -0.39 is 0 Å². The monoisotopic (exact) mass is 393 g/mol. The number of hydrogen-bond donors (Lipinski definition) is 0. The van der Waals surface area contributed by atoms with Gasteiger partial charge in [-0.25, -0.2) is 0 Å². The van der Waals surface area contributed by atoms with E-state index >= 15 is 0 Å². The molecule has 1 saturated heterocycles. The Morgan fingerprint density at radius 1 is 1.14 bits per heavy atom. The SMILES string of the molecule is COc1ccc2c(c1)N1C=C(c3cccc(C)c3)N(C3CCCN(C)C3)C1S2. The Morgan fingerprint density at radius 2 is 2.04 bits per heavy atom. The minimum Gasteiger partial charge on any atom is -0.497 e. The van der Waals surface area contributed by atoms with Crippen molar-refractivity contribution in [3.05, 3.63) is 59.8 Å². The van der Waals surface area contributed by atoms with Crippen molar-refractivity contribution < 1.29 is 4.74 Å². The summed E-state index contributed by atoms with van der Waals surface area (Å²) in [6.45, 7) is 4.49. The van der Waals surface area contributed by atoms with Crippen LogP contribution in [0.1, 0.15) is 24.0 Å². The van der Waals surface area contributed by atoms with E-state index in [0.717, 1.165) is 12.3 Å². The summed E-state index contributed by atoms with van der Waals surface area (Å²) in [7, 11) is 3.99. The first-order valence-electron chi connectivity index (χ1n) is 10.0. The number of thioether (sulfide) groups is 1. The molecule has 2 unspecified atom stereocenters. The highest BCUT2D eigenvalue weighted by Crippen LogP contribution is 2.52. The highest BCUT2D eigenvalue weighted by Gasteiger charge is 2.44. The molecule has 3 heterocycles. The van der Waals surface area contributed by atoms with Crippen LogP contribution in [0.4, 0.5) is 5.69 Å². The Morgan fingerprint density at radius 3 is 2.82 bits per heavy atom. The zero-order valence-electron chi connectivity index (χ0n) is 16.8. The van der Waals surface area contributed by atoms with Crippen molar-refractivity contribution >= 4 is 23.1 Å². The van der Waals surface area contributed by atoms with E-state index in [1.165, 1.54) is 46.8 Å². The largest absolute Gasteiger partial charge is 0.497 e. The number of hydrogen-bond acceptors (Lipinski definition) is 5. The second-order valence-electron chi connectivity index (χ2n) is 8.03. The predicted octanol–water partition coefficient (Wildman–Crippen LogP) is 4.61. The lowest BCUT2D eigenvalue weighted by Gasteiger charge is -2.41. The van der Waals surface area contributed by atoms with Crippen LogP contribution in [0.2, 0.25) is 0 Å². The van der Waals surface area contributed by atoms with Gasteiger partial charge in [0.15, 0.2) is 5.50 Å². The Balaban J connectivity index is 1.58. The smallest absolute Gasteiger partial charge is 0.159 e. The van der Waals surface area contributed by atoms with Crippen molar-refractivity contribution in [3.8, 4) is 5.75 Å². The maximum absolute atomic E-state index is 5.50. The molecular formula is C23H27N3OS. The quantitative estimate of drug-likeness (QED) is 0.756. The summed E-state index contributed by atoms with van der Waals surface area (Å²) in [5, 5.41) is 0. The summed E-state index contributed by atoms with van der Waals surface area (Å²) < 4.78 is 5.50. The van der Waals surface area contributed by atoms with Crippen LogP contribution in [0.25, 0.3) is 5.70 Å². The third-order valence-electron chi connectivity index (χ3n) is 6.00. The molecule has 1 fully saturated rings. The molecular weight excluding hydrogens is 366 g/mol. The molecule has 0 radical (unpaired) electrons. The Bertz CT molecular complexity index is 928. The van der Waals surface area contributed by atoms with E-state index in [1.807, 2.05) is 11.8 Å². The molecule has 28 heavy (non-hydrogen) atoms. The maximum Gasteiger partial charge on any atom is 0.159 e. The lowest BCUT2D eigenvalue weighted by atomic mass is 10.0. The van der Waals surface area contributed by atoms with Crippen LogP contribution in [0, 0.1) is 6.92 Å². The number of piperidine rings is 1. The van der Waals surface area contributed by atoms with E-state index in [-0.39, 0.29) is 5.50 Å². The van der Waals surface area contributed by atoms with E-state index in [9.17, 15) is 0 Å². The van der Waals surface area contributed by atoms with Crippen molar-refractivity contribution in [1.29, 1.82) is 0 Å². The molecule has 3 aliphatic rings. The van der Waals surface area contributed by atoms with Crippen LogP contribution in [0.3, 0.4) is 0 Å². The first kappa shape index (κ1) is 18.0.